The van der Waals surface area contributed by atoms with E-state index >= 15 is 0 Å². The van der Waals surface area contributed by atoms with Gasteiger partial charge in [0, 0.05) is 58.0 Å². The Kier molecular flexibility index (Phi) is 6.68. The van der Waals surface area contributed by atoms with Gasteiger partial charge in [-0.15, -0.1) is 0 Å². The number of nitrogens with zero attached hydrogens (tertiary/aromatic N) is 2. The Morgan fingerprint density at radius 2 is 1.91 bits per heavy atom. The number of carbonyl (C=O) groups excluding carboxylic acids is 1. The first-order chi connectivity index (χ1) is 10.7. The van der Waals surface area contributed by atoms with Crippen LogP contribution in [0.3, 0.4) is 0 Å². The summed E-state index contributed by atoms with van der Waals surface area (Å²) in [6.45, 7) is 7.59. The number of anilines is 1. The molecule has 22 heavy (non-hydrogen) atoms. The predicted octanol–water partition coefficient (Wildman–Crippen LogP) is 1.35. The van der Waals surface area contributed by atoms with Crippen molar-refractivity contribution >= 4 is 11.6 Å². The van der Waals surface area contributed by atoms with Gasteiger partial charge in [0.05, 0.1) is 6.61 Å². The Bertz CT molecular complexity index is 444. The summed E-state index contributed by atoms with van der Waals surface area (Å²) in [5.41, 5.74) is 1.29. The Morgan fingerprint density at radius 3 is 2.55 bits per heavy atom. The second-order valence-corrected chi connectivity index (χ2v) is 5.83. The molecule has 2 rings (SSSR count). The van der Waals surface area contributed by atoms with E-state index in [1.54, 1.807) is 7.11 Å². The topological polar surface area (TPSA) is 44.8 Å². The molecule has 0 saturated carbocycles. The van der Waals surface area contributed by atoms with Crippen LogP contribution in [0.15, 0.2) is 30.3 Å². The van der Waals surface area contributed by atoms with Crippen LogP contribution in [0, 0.1) is 0 Å². The number of carbonyl (C=O) groups is 1. The van der Waals surface area contributed by atoms with Crippen LogP contribution in [0.2, 0.25) is 0 Å². The molecule has 0 spiro atoms. The minimum atomic E-state index is 0.0669. The summed E-state index contributed by atoms with van der Waals surface area (Å²) in [5, 5.41) is 3.03. The van der Waals surface area contributed by atoms with Crippen molar-refractivity contribution in [2.75, 3.05) is 51.3 Å². The smallest absolute Gasteiger partial charge is 0.222 e. The number of para-hydroxylation sites is 1. The van der Waals surface area contributed by atoms with Gasteiger partial charge in [0.25, 0.3) is 0 Å². The van der Waals surface area contributed by atoms with Crippen molar-refractivity contribution in [2.45, 2.75) is 19.4 Å². The molecule has 1 aromatic rings. The summed E-state index contributed by atoms with van der Waals surface area (Å²) >= 11 is 0. The van der Waals surface area contributed by atoms with Crippen LogP contribution >= 0.6 is 0 Å². The lowest BCUT2D eigenvalue weighted by Gasteiger charge is -2.37. The zero-order chi connectivity index (χ0) is 15.8. The van der Waals surface area contributed by atoms with Crippen molar-refractivity contribution in [2.24, 2.45) is 0 Å². The third-order valence-electron chi connectivity index (χ3n) is 3.97. The highest BCUT2D eigenvalue weighted by atomic mass is 16.5. The fourth-order valence-electron chi connectivity index (χ4n) is 2.80. The third kappa shape index (κ3) is 5.31. The fourth-order valence-corrected chi connectivity index (χ4v) is 2.80. The third-order valence-corrected chi connectivity index (χ3v) is 3.97. The quantitative estimate of drug-likeness (QED) is 0.826. The van der Waals surface area contributed by atoms with Crippen LogP contribution in [0.4, 0.5) is 5.69 Å². The van der Waals surface area contributed by atoms with E-state index in [0.717, 1.165) is 32.7 Å². The lowest BCUT2D eigenvalue weighted by Crippen LogP contribution is -2.50. The Labute approximate surface area is 133 Å². The molecule has 1 aliphatic heterocycles. The molecule has 0 aliphatic carbocycles. The molecule has 0 radical (unpaired) electrons. The number of ether oxygens (including phenoxy) is 1. The monoisotopic (exact) mass is 305 g/mol. The van der Waals surface area contributed by atoms with Crippen molar-refractivity contribution < 1.29 is 9.53 Å². The highest BCUT2D eigenvalue weighted by Gasteiger charge is 2.19. The van der Waals surface area contributed by atoms with Gasteiger partial charge in [-0.25, -0.2) is 0 Å². The molecule has 0 unspecified atom stereocenters. The van der Waals surface area contributed by atoms with Crippen LogP contribution in [0.1, 0.15) is 13.3 Å². The Morgan fingerprint density at radius 1 is 1.23 bits per heavy atom. The van der Waals surface area contributed by atoms with Gasteiger partial charge in [-0.1, -0.05) is 18.2 Å². The largest absolute Gasteiger partial charge is 0.384 e. The highest BCUT2D eigenvalue weighted by Crippen LogP contribution is 2.15. The van der Waals surface area contributed by atoms with Crippen molar-refractivity contribution in [3.05, 3.63) is 30.3 Å². The van der Waals surface area contributed by atoms with E-state index in [9.17, 15) is 4.79 Å². The van der Waals surface area contributed by atoms with Crippen molar-refractivity contribution in [1.82, 2.24) is 10.2 Å². The number of benzene rings is 1. The molecule has 1 amide bonds. The maximum absolute atomic E-state index is 11.7. The number of methoxy groups -OCH3 is 1. The van der Waals surface area contributed by atoms with E-state index in [4.69, 9.17) is 4.74 Å². The maximum Gasteiger partial charge on any atom is 0.222 e. The lowest BCUT2D eigenvalue weighted by atomic mass is 10.2. The average Bonchev–Trinajstić information content (AvgIpc) is 2.54. The van der Waals surface area contributed by atoms with Gasteiger partial charge in [0.1, 0.15) is 0 Å². The first kappa shape index (κ1) is 16.8. The zero-order valence-corrected chi connectivity index (χ0v) is 13.6. The van der Waals surface area contributed by atoms with E-state index in [1.807, 2.05) is 6.07 Å². The summed E-state index contributed by atoms with van der Waals surface area (Å²) in [4.78, 5) is 16.5. The summed E-state index contributed by atoms with van der Waals surface area (Å²) in [6.07, 6.45) is 0.433. The normalized spacial score (nSPS) is 17.3. The summed E-state index contributed by atoms with van der Waals surface area (Å²) < 4.78 is 4.92. The number of amides is 1. The number of hydrogen-bond acceptors (Lipinski definition) is 4. The van der Waals surface area contributed by atoms with E-state index in [2.05, 4.69) is 46.3 Å². The van der Waals surface area contributed by atoms with Gasteiger partial charge >= 0.3 is 0 Å². The van der Waals surface area contributed by atoms with Crippen LogP contribution in [-0.4, -0.2) is 63.3 Å². The molecule has 0 bridgehead atoms. The first-order valence-electron chi connectivity index (χ1n) is 7.99. The molecule has 1 aromatic carbocycles. The standard InChI is InChI=1S/C17H27N3O2/c1-15(18-17(21)8-13-22-2)14-19-9-11-20(12-10-19)16-6-4-3-5-7-16/h3-7,15H,8-14H2,1-2H3,(H,18,21)/t15-/m0/s1. The second kappa shape index (κ2) is 8.76. The summed E-state index contributed by atoms with van der Waals surface area (Å²) in [6, 6.07) is 10.7. The van der Waals surface area contributed by atoms with E-state index in [-0.39, 0.29) is 11.9 Å². The molecule has 5 heteroatoms. The number of rotatable bonds is 7. The van der Waals surface area contributed by atoms with Gasteiger partial charge in [0.15, 0.2) is 0 Å². The lowest BCUT2D eigenvalue weighted by molar-refractivity contribution is -0.122. The fraction of sp³-hybridized carbons (Fsp3) is 0.588. The number of piperazine rings is 1. The van der Waals surface area contributed by atoms with E-state index in [0.29, 0.717) is 13.0 Å². The molecular formula is C17H27N3O2. The molecule has 5 nitrogen and oxygen atoms in total. The predicted molar refractivity (Wildman–Crippen MR) is 89.2 cm³/mol. The van der Waals surface area contributed by atoms with Gasteiger partial charge in [-0.2, -0.15) is 0 Å². The van der Waals surface area contributed by atoms with Gasteiger partial charge in [0.2, 0.25) is 5.91 Å². The SMILES string of the molecule is COCCC(=O)N[C@@H](C)CN1CCN(c2ccccc2)CC1. The Hall–Kier alpha value is -1.59. The molecule has 1 heterocycles. The zero-order valence-electron chi connectivity index (χ0n) is 13.6. The second-order valence-electron chi connectivity index (χ2n) is 5.83. The molecule has 1 atom stereocenters. The van der Waals surface area contributed by atoms with Crippen molar-refractivity contribution in [1.29, 1.82) is 0 Å². The highest BCUT2D eigenvalue weighted by molar-refractivity contribution is 5.76. The van der Waals surface area contributed by atoms with E-state index < -0.39 is 0 Å². The molecule has 1 fully saturated rings. The van der Waals surface area contributed by atoms with Crippen LogP contribution in [0.25, 0.3) is 0 Å². The maximum atomic E-state index is 11.7. The molecule has 1 N–H and O–H groups in total. The molecule has 1 saturated heterocycles. The van der Waals surface area contributed by atoms with Crippen LogP contribution in [0.5, 0.6) is 0 Å². The Balaban J connectivity index is 1.69. The number of nitrogens with one attached hydrogen (secondary N) is 1. The van der Waals surface area contributed by atoms with Gasteiger partial charge in [-0.05, 0) is 19.1 Å². The number of hydrogen-bond donors (Lipinski definition) is 1. The molecule has 0 aromatic heterocycles. The van der Waals surface area contributed by atoms with Crippen molar-refractivity contribution in [3.63, 3.8) is 0 Å². The molecule has 1 aliphatic rings. The molecule has 122 valence electrons. The van der Waals surface area contributed by atoms with Crippen molar-refractivity contribution in [3.8, 4) is 0 Å². The minimum Gasteiger partial charge on any atom is -0.384 e. The van der Waals surface area contributed by atoms with E-state index in [1.165, 1.54) is 5.69 Å². The van der Waals surface area contributed by atoms with Gasteiger partial charge < -0.3 is 15.0 Å². The van der Waals surface area contributed by atoms with Crippen LogP contribution < -0.4 is 10.2 Å². The summed E-state index contributed by atoms with van der Waals surface area (Å²) in [7, 11) is 1.61. The van der Waals surface area contributed by atoms with Gasteiger partial charge in [-0.3, -0.25) is 9.69 Å². The average molecular weight is 305 g/mol. The summed E-state index contributed by atoms with van der Waals surface area (Å²) in [5.74, 6) is 0.0669. The molecular weight excluding hydrogens is 278 g/mol. The first-order valence-corrected chi connectivity index (χ1v) is 7.99. The minimum absolute atomic E-state index is 0.0669. The van der Waals surface area contributed by atoms with Crippen LogP contribution in [-0.2, 0) is 9.53 Å².